The number of rotatable bonds is 2. The average molecular weight is 288 g/mol. The number of hydrogen-bond acceptors (Lipinski definition) is 2. The summed E-state index contributed by atoms with van der Waals surface area (Å²) < 4.78 is 38.3. The average Bonchev–Trinajstić information content (AvgIpc) is 2.24. The van der Waals surface area contributed by atoms with Crippen LogP contribution in [0.2, 0.25) is 0 Å². The predicted octanol–water partition coefficient (Wildman–Crippen LogP) is 3.41. The van der Waals surface area contributed by atoms with E-state index >= 15 is 0 Å². The van der Waals surface area contributed by atoms with Crippen LogP contribution in [0.15, 0.2) is 18.2 Å². The number of carbonyl (C=O) groups is 1. The molecule has 3 nitrogen and oxygen atoms in total. The van der Waals surface area contributed by atoms with Crippen molar-refractivity contribution in [3.05, 3.63) is 29.3 Å². The molecule has 0 spiro atoms. The molecule has 0 radical (unpaired) electrons. The van der Waals surface area contributed by atoms with Crippen molar-refractivity contribution < 1.29 is 18.0 Å². The highest BCUT2D eigenvalue weighted by Gasteiger charge is 2.34. The number of para-hydroxylation sites is 1. The number of nitrogens with zero attached hydrogens (tertiary/aromatic N) is 1. The number of halogens is 3. The zero-order valence-corrected chi connectivity index (χ0v) is 12.0. The smallest absolute Gasteiger partial charge is 0.398 e. The molecule has 1 rings (SSSR count). The van der Waals surface area contributed by atoms with Gasteiger partial charge in [-0.3, -0.25) is 4.79 Å². The third kappa shape index (κ3) is 3.88. The van der Waals surface area contributed by atoms with Crippen LogP contribution in [0, 0.1) is 5.41 Å². The fourth-order valence-electron chi connectivity index (χ4n) is 1.99. The van der Waals surface area contributed by atoms with Gasteiger partial charge < -0.3 is 10.6 Å². The number of carbonyl (C=O) groups excluding carboxylic acids is 1. The zero-order valence-electron chi connectivity index (χ0n) is 12.0. The quantitative estimate of drug-likeness (QED) is 0.848. The molecule has 6 heteroatoms. The van der Waals surface area contributed by atoms with Gasteiger partial charge in [-0.1, -0.05) is 26.8 Å². The first-order valence-electron chi connectivity index (χ1n) is 6.14. The standard InChI is InChI=1S/C14H19F3N2O/c1-13(2,3)8-19(4)12(20)9-6-5-7-10(11(9)18)14(15,16)17/h5-7H,8,18H2,1-4H3. The summed E-state index contributed by atoms with van der Waals surface area (Å²) in [5.74, 6) is -0.511. The predicted molar refractivity (Wildman–Crippen MR) is 72.3 cm³/mol. The van der Waals surface area contributed by atoms with Gasteiger partial charge in [0.1, 0.15) is 0 Å². The Kier molecular flexibility index (Phi) is 4.36. The van der Waals surface area contributed by atoms with Gasteiger partial charge in [-0.05, 0) is 17.5 Å². The number of anilines is 1. The Bertz CT molecular complexity index is 504. The Labute approximate surface area is 116 Å². The summed E-state index contributed by atoms with van der Waals surface area (Å²) in [6.07, 6.45) is -4.57. The van der Waals surface area contributed by atoms with Crippen molar-refractivity contribution in [1.82, 2.24) is 4.90 Å². The van der Waals surface area contributed by atoms with Gasteiger partial charge in [0, 0.05) is 13.6 Å². The summed E-state index contributed by atoms with van der Waals surface area (Å²) in [4.78, 5) is 13.6. The number of hydrogen-bond donors (Lipinski definition) is 1. The molecule has 0 saturated heterocycles. The molecule has 112 valence electrons. The SMILES string of the molecule is CN(CC(C)(C)C)C(=O)c1cccc(C(F)(F)F)c1N. The third-order valence-electron chi connectivity index (χ3n) is 2.70. The van der Waals surface area contributed by atoms with Crippen LogP contribution in [0.1, 0.15) is 36.7 Å². The lowest BCUT2D eigenvalue weighted by Gasteiger charge is -2.27. The molecule has 2 N–H and O–H groups in total. The van der Waals surface area contributed by atoms with E-state index in [1.54, 1.807) is 7.05 Å². The minimum absolute atomic E-state index is 0.119. The fraction of sp³-hybridized carbons (Fsp3) is 0.500. The Morgan fingerprint density at radius 2 is 1.80 bits per heavy atom. The Morgan fingerprint density at radius 1 is 1.25 bits per heavy atom. The van der Waals surface area contributed by atoms with Gasteiger partial charge in [0.2, 0.25) is 0 Å². The summed E-state index contributed by atoms with van der Waals surface area (Å²) in [5.41, 5.74) is 3.73. The summed E-state index contributed by atoms with van der Waals surface area (Å²) in [5, 5.41) is 0. The second-order valence-corrected chi connectivity index (χ2v) is 5.99. The van der Waals surface area contributed by atoms with Gasteiger partial charge in [-0.25, -0.2) is 0 Å². The molecule has 1 aromatic rings. The molecule has 0 aliphatic heterocycles. The lowest BCUT2D eigenvalue weighted by Crippen LogP contribution is -2.35. The molecule has 0 fully saturated rings. The van der Waals surface area contributed by atoms with E-state index in [0.29, 0.717) is 6.54 Å². The minimum Gasteiger partial charge on any atom is -0.398 e. The van der Waals surface area contributed by atoms with E-state index in [1.807, 2.05) is 20.8 Å². The number of alkyl halides is 3. The molecular weight excluding hydrogens is 269 g/mol. The van der Waals surface area contributed by atoms with Gasteiger partial charge in [0.05, 0.1) is 16.8 Å². The van der Waals surface area contributed by atoms with Crippen molar-refractivity contribution in [2.45, 2.75) is 26.9 Å². The van der Waals surface area contributed by atoms with E-state index in [1.165, 1.54) is 17.0 Å². The lowest BCUT2D eigenvalue weighted by atomic mass is 9.95. The molecule has 0 atom stereocenters. The van der Waals surface area contributed by atoms with Crippen LogP contribution in [0.4, 0.5) is 18.9 Å². The van der Waals surface area contributed by atoms with E-state index in [2.05, 4.69) is 0 Å². The van der Waals surface area contributed by atoms with Crippen molar-refractivity contribution >= 4 is 11.6 Å². The number of nitrogen functional groups attached to an aromatic ring is 1. The van der Waals surface area contributed by atoms with Crippen molar-refractivity contribution in [2.75, 3.05) is 19.3 Å². The van der Waals surface area contributed by atoms with Crippen LogP contribution < -0.4 is 5.73 Å². The summed E-state index contributed by atoms with van der Waals surface area (Å²) >= 11 is 0. The van der Waals surface area contributed by atoms with Crippen molar-refractivity contribution in [2.24, 2.45) is 5.41 Å². The van der Waals surface area contributed by atoms with Gasteiger partial charge >= 0.3 is 6.18 Å². The number of benzene rings is 1. The monoisotopic (exact) mass is 288 g/mol. The normalized spacial score (nSPS) is 12.3. The maximum absolute atomic E-state index is 12.8. The van der Waals surface area contributed by atoms with Crippen LogP contribution in [0.3, 0.4) is 0 Å². The topological polar surface area (TPSA) is 46.3 Å². The summed E-state index contributed by atoms with van der Waals surface area (Å²) in [6, 6.07) is 3.37. The highest BCUT2D eigenvalue weighted by molar-refractivity contribution is 5.99. The highest BCUT2D eigenvalue weighted by atomic mass is 19.4. The molecule has 0 aliphatic rings. The first kappa shape index (κ1) is 16.3. The largest absolute Gasteiger partial charge is 0.418 e. The van der Waals surface area contributed by atoms with Crippen LogP contribution in [0.5, 0.6) is 0 Å². The molecule has 0 heterocycles. The van der Waals surface area contributed by atoms with Crippen LogP contribution in [-0.4, -0.2) is 24.4 Å². The van der Waals surface area contributed by atoms with E-state index < -0.39 is 23.3 Å². The second-order valence-electron chi connectivity index (χ2n) is 5.99. The third-order valence-corrected chi connectivity index (χ3v) is 2.70. The lowest BCUT2D eigenvalue weighted by molar-refractivity contribution is -0.136. The van der Waals surface area contributed by atoms with Gasteiger partial charge in [-0.15, -0.1) is 0 Å². The summed E-state index contributed by atoms with van der Waals surface area (Å²) in [7, 11) is 1.55. The van der Waals surface area contributed by atoms with Gasteiger partial charge in [0.15, 0.2) is 0 Å². The minimum atomic E-state index is -4.57. The number of nitrogens with two attached hydrogens (primary N) is 1. The maximum Gasteiger partial charge on any atom is 0.418 e. The molecule has 1 amide bonds. The molecule has 0 unspecified atom stereocenters. The number of amides is 1. The maximum atomic E-state index is 12.8. The molecular formula is C14H19F3N2O. The first-order chi connectivity index (χ1) is 8.93. The van der Waals surface area contributed by atoms with E-state index in [-0.39, 0.29) is 11.0 Å². The molecule has 0 bridgehead atoms. The van der Waals surface area contributed by atoms with Crippen LogP contribution in [-0.2, 0) is 6.18 Å². The van der Waals surface area contributed by atoms with E-state index in [0.717, 1.165) is 6.07 Å². The van der Waals surface area contributed by atoms with E-state index in [4.69, 9.17) is 5.73 Å². The zero-order chi connectivity index (χ0) is 15.7. The molecule has 0 aliphatic carbocycles. The van der Waals surface area contributed by atoms with Crippen LogP contribution in [0.25, 0.3) is 0 Å². The Morgan fingerprint density at radius 3 is 2.25 bits per heavy atom. The Balaban J connectivity index is 3.12. The second kappa shape index (κ2) is 5.34. The molecule has 0 aromatic heterocycles. The fourth-order valence-corrected chi connectivity index (χ4v) is 1.99. The molecule has 20 heavy (non-hydrogen) atoms. The van der Waals surface area contributed by atoms with Crippen molar-refractivity contribution in [3.8, 4) is 0 Å². The Hall–Kier alpha value is -1.72. The first-order valence-corrected chi connectivity index (χ1v) is 6.14. The summed E-state index contributed by atoms with van der Waals surface area (Å²) in [6.45, 7) is 6.23. The molecule has 0 saturated carbocycles. The van der Waals surface area contributed by atoms with Gasteiger partial charge in [0.25, 0.3) is 5.91 Å². The van der Waals surface area contributed by atoms with E-state index in [9.17, 15) is 18.0 Å². The van der Waals surface area contributed by atoms with Gasteiger partial charge in [-0.2, -0.15) is 13.2 Å². The highest BCUT2D eigenvalue weighted by Crippen LogP contribution is 2.35. The van der Waals surface area contributed by atoms with Crippen LogP contribution >= 0.6 is 0 Å². The van der Waals surface area contributed by atoms with Crippen molar-refractivity contribution in [3.63, 3.8) is 0 Å². The molecule has 1 aromatic carbocycles. The van der Waals surface area contributed by atoms with Crippen molar-refractivity contribution in [1.29, 1.82) is 0 Å².